The van der Waals surface area contributed by atoms with E-state index in [-0.39, 0.29) is 140 Å². The fraction of sp³-hybridized carbons (Fsp3) is 0.575. The van der Waals surface area contributed by atoms with Crippen LogP contribution in [-0.2, 0) is 152 Å². The molecule has 0 aliphatic carbocycles. The second-order valence-electron chi connectivity index (χ2n) is 31.6. The molecule has 3 aromatic heterocycles. The summed E-state index contributed by atoms with van der Waals surface area (Å²) in [5.41, 5.74) is 5.26. The molecule has 4 aliphatic rings. The van der Waals surface area contributed by atoms with E-state index in [1.165, 1.54) is 34.6 Å². The topological polar surface area (TPSA) is 458 Å². The van der Waals surface area contributed by atoms with Gasteiger partial charge in [-0.25, -0.2) is 19.4 Å². The van der Waals surface area contributed by atoms with E-state index in [1.807, 2.05) is 50.3 Å². The van der Waals surface area contributed by atoms with Crippen LogP contribution in [0.3, 0.4) is 0 Å². The number of carbonyl (C=O) groups is 8. The van der Waals surface area contributed by atoms with Gasteiger partial charge in [0.1, 0.15) is 55.4 Å². The Kier molecular flexibility index (Phi) is 38.4. The molecule has 4 aliphatic heterocycles. The Labute approximate surface area is 740 Å². The van der Waals surface area contributed by atoms with Crippen LogP contribution in [0, 0.1) is 19.4 Å². The predicted octanol–water partition coefficient (Wildman–Crippen LogP) is 3.60. The van der Waals surface area contributed by atoms with Crippen LogP contribution >= 0.6 is 0 Å². The first-order chi connectivity index (χ1) is 59.5. The van der Waals surface area contributed by atoms with Gasteiger partial charge in [0.25, 0.3) is 5.56 Å². The summed E-state index contributed by atoms with van der Waals surface area (Å²) in [6, 6.07) is 15.1. The number of fused-ring (bicyclic) bond motifs is 8. The number of carboxylic acid groups (broad SMARTS) is 1. The van der Waals surface area contributed by atoms with Crippen LogP contribution in [0.2, 0.25) is 0 Å². The molecule has 0 unspecified atom stereocenters. The van der Waals surface area contributed by atoms with Gasteiger partial charge in [0.2, 0.25) is 35.8 Å². The minimum absolute atomic E-state index is 0. The van der Waals surface area contributed by atoms with Gasteiger partial charge in [0.05, 0.1) is 134 Å². The molecule has 6 amide bonds. The van der Waals surface area contributed by atoms with Gasteiger partial charge in [-0.1, -0.05) is 68.4 Å². The minimum Gasteiger partial charge on any atom is -0.479 e. The number of nitrogens with zero attached hydrogens (tertiary/aromatic N) is 6. The Morgan fingerprint density at radius 1 is 0.712 bits per heavy atom. The van der Waals surface area contributed by atoms with Gasteiger partial charge < -0.3 is 123 Å². The number of amides is 6. The largest absolute Gasteiger partial charge is 0.479 e. The molecule has 0 bridgehead atoms. The maximum absolute atomic E-state index is 14.5. The summed E-state index contributed by atoms with van der Waals surface area (Å²) in [4.78, 5) is 131. The number of anilines is 1. The number of aryl methyl sites for hydroxylation is 2. The SMILES string of the molecule is CC[C@@]1(O)C(=O)OCc2c1cc1n(c2=O)Cc2c-1nc1ccccc1c2CCN(C(=O)OCc1ccc(NC(=O)[C@H](C)NC(=O)[C@@H](NC(=O)[C@H](CCCCNC(=O)CCn2c3c(c4cc(C)ccc42)[CH-]N(C)N(C)C3)NC(=O)CCOCCOCCOCCOCCOCCOCCOCCOC)C(C)C)c(O[C@@H]2O[C@H](C(=O)O)[C@@H](O)[C@H](O)[C@H]2O)c1)C(C)C.[W]. The number of para-hydroxylation sites is 1. The standard InChI is InChI=1S/C87H120N11O26.W/c1-11-87(112)63-46-68-74-61(48-98(68)82(107)62(63)51-121-85(87)110)57(58-16-12-13-17-64(58)91-74)23-27-96(53(4)5)86(111)122-50-56-20-21-65(70(45-56)123-84-77(103)75(101)76(102)78(124-84)83(108)109)92-79(104)55(7)89-81(106)73(52(2)3)93-80(105)66(18-14-15-26-88-71(99)24-28-97-67-22-19-54(6)44-59(67)60-47-94(8)95(9)49-69(60)97)90-72(100)25-29-114-32-33-116-36-37-118-40-41-120-43-42-119-39-38-117-35-34-115-31-30-113-10;/h12-13,16-17,19-22,44-47,52-53,55,66,73,75-78,84,101-103,112H,11,14-15,18,23-43,48-51H2,1-10H3,(H,88,99)(H,89,106)(H,90,100)(H,92,104)(H,93,105)(H,108,109);/q-1;/t55-,66-,73-,75-,76-,77+,78-,84+,87-;/m0./s1. The van der Waals surface area contributed by atoms with Crippen LogP contribution in [0.15, 0.2) is 71.5 Å². The van der Waals surface area contributed by atoms with E-state index in [0.29, 0.717) is 121 Å². The number of carboxylic acids is 1. The monoisotopic (exact) mass is 1920 g/mol. The number of aliphatic carboxylic acids is 1. The van der Waals surface area contributed by atoms with Crippen LogP contribution in [0.1, 0.15) is 125 Å². The third-order valence-electron chi connectivity index (χ3n) is 22.1. The van der Waals surface area contributed by atoms with E-state index >= 15 is 0 Å². The molecular weight excluding hydrogens is 1800 g/mol. The Morgan fingerprint density at radius 3 is 1.99 bits per heavy atom. The number of unbranched alkanes of at least 4 members (excludes halogenated alkanes) is 1. The number of nitrogens with one attached hydrogen (secondary N) is 5. The number of esters is 1. The number of aliphatic hydroxyl groups excluding tert-OH is 3. The van der Waals surface area contributed by atoms with Crippen molar-refractivity contribution in [2.45, 2.75) is 187 Å². The van der Waals surface area contributed by atoms with Crippen molar-refractivity contribution < 1.29 is 142 Å². The van der Waals surface area contributed by atoms with Gasteiger partial charge in [-0.2, -0.15) is 0 Å². The summed E-state index contributed by atoms with van der Waals surface area (Å²) in [6.45, 7) is 20.2. The molecular formula is C87H120N11O26W-. The van der Waals surface area contributed by atoms with Crippen LogP contribution in [-0.4, -0.2) is 290 Å². The Morgan fingerprint density at radius 2 is 1.36 bits per heavy atom. The Hall–Kier alpha value is -9.12. The number of carbonyl (C=O) groups excluding carboxylic acids is 7. The summed E-state index contributed by atoms with van der Waals surface area (Å²) < 4.78 is 70.2. The van der Waals surface area contributed by atoms with Crippen molar-refractivity contribution in [2.75, 3.05) is 139 Å². The number of hydrogen-bond acceptors (Lipinski definition) is 28. The average Bonchev–Trinajstić information content (AvgIpc) is 1.61. The number of hydrazine groups is 1. The molecule has 6 aromatic rings. The van der Waals surface area contributed by atoms with Crippen molar-refractivity contribution in [1.82, 2.24) is 50.3 Å². The van der Waals surface area contributed by atoms with Gasteiger partial charge >= 0.3 is 18.0 Å². The van der Waals surface area contributed by atoms with Gasteiger partial charge in [0.15, 0.2) is 11.7 Å². The molecule has 0 saturated carbocycles. The number of rotatable bonds is 50. The van der Waals surface area contributed by atoms with E-state index in [1.54, 1.807) is 47.8 Å². The summed E-state index contributed by atoms with van der Waals surface area (Å²) in [5.74, 6) is -6.54. The zero-order valence-electron chi connectivity index (χ0n) is 72.6. The number of aliphatic hydroxyl groups is 4. The van der Waals surface area contributed by atoms with Crippen molar-refractivity contribution in [3.05, 3.63) is 128 Å². The fourth-order valence-electron chi connectivity index (χ4n) is 14.9. The Bertz CT molecular complexity index is 4720. The average molecular weight is 1920 g/mol. The van der Waals surface area contributed by atoms with Crippen molar-refractivity contribution in [3.8, 4) is 17.1 Å². The molecule has 686 valence electrons. The van der Waals surface area contributed by atoms with E-state index < -0.39 is 120 Å². The fourth-order valence-corrected chi connectivity index (χ4v) is 14.9. The molecule has 10 N–H and O–H groups in total. The first-order valence-electron chi connectivity index (χ1n) is 42.2. The van der Waals surface area contributed by atoms with Crippen LogP contribution in [0.4, 0.5) is 10.5 Å². The summed E-state index contributed by atoms with van der Waals surface area (Å²) >= 11 is 0. The number of ether oxygens (including phenoxy) is 12. The molecule has 125 heavy (non-hydrogen) atoms. The zero-order valence-corrected chi connectivity index (χ0v) is 75.5. The van der Waals surface area contributed by atoms with Gasteiger partial charge in [0, 0.05) is 96.8 Å². The molecule has 7 heterocycles. The minimum atomic E-state index is -2.10. The smallest absolute Gasteiger partial charge is 0.410 e. The number of methoxy groups -OCH3 is 1. The van der Waals surface area contributed by atoms with Crippen LogP contribution in [0.25, 0.3) is 33.2 Å². The number of pyridine rings is 2. The van der Waals surface area contributed by atoms with Gasteiger partial charge in [-0.15, -0.1) is 23.6 Å². The summed E-state index contributed by atoms with van der Waals surface area (Å²) in [7, 11) is 5.61. The second-order valence-corrected chi connectivity index (χ2v) is 31.6. The van der Waals surface area contributed by atoms with E-state index in [9.17, 15) is 68.7 Å². The van der Waals surface area contributed by atoms with Crippen molar-refractivity contribution >= 4 is 75.1 Å². The van der Waals surface area contributed by atoms with Crippen LogP contribution in [0.5, 0.6) is 5.75 Å². The third-order valence-corrected chi connectivity index (χ3v) is 22.1. The van der Waals surface area contributed by atoms with Crippen molar-refractivity contribution in [1.29, 1.82) is 0 Å². The third kappa shape index (κ3) is 26.3. The molecule has 10 rings (SSSR count). The van der Waals surface area contributed by atoms with E-state index in [0.717, 1.165) is 38.7 Å². The number of hydrogen-bond donors (Lipinski definition) is 10. The van der Waals surface area contributed by atoms with E-state index in [2.05, 4.69) is 60.9 Å². The molecule has 38 heteroatoms. The zero-order chi connectivity index (χ0) is 89.3. The number of benzene rings is 3. The molecule has 0 radical (unpaired) electrons. The first-order valence-corrected chi connectivity index (χ1v) is 42.2. The van der Waals surface area contributed by atoms with Crippen LogP contribution < -0.4 is 36.9 Å². The van der Waals surface area contributed by atoms with E-state index in [4.69, 9.17) is 61.8 Å². The van der Waals surface area contributed by atoms with Crippen molar-refractivity contribution in [2.24, 2.45) is 5.92 Å². The van der Waals surface area contributed by atoms with Gasteiger partial charge in [-0.3, -0.25) is 38.8 Å². The van der Waals surface area contributed by atoms with Crippen molar-refractivity contribution in [3.63, 3.8) is 0 Å². The molecule has 9 atom stereocenters. The first kappa shape index (κ1) is 99.7. The van der Waals surface area contributed by atoms with Gasteiger partial charge in [-0.05, 0) is 114 Å². The molecule has 0 spiro atoms. The predicted molar refractivity (Wildman–Crippen MR) is 450 cm³/mol. The molecule has 3 aromatic carbocycles. The molecule has 37 nitrogen and oxygen atoms in total. The quantitative estimate of drug-likeness (QED) is 0.0148. The maximum Gasteiger partial charge on any atom is 0.410 e. The maximum atomic E-state index is 14.5. The molecule has 1 fully saturated rings. The number of aromatic nitrogens is 3. The second kappa shape index (κ2) is 48.2. The number of cyclic esters (lactones) is 1. The summed E-state index contributed by atoms with van der Waals surface area (Å²) in [5, 5.41) is 73.9. The Balaban J connectivity index is 0.0000177. The summed E-state index contributed by atoms with van der Waals surface area (Å²) in [6.07, 6.45) is -9.98. The normalized spacial score (nSPS) is 18.6. The molecule has 1 saturated heterocycles.